The Morgan fingerprint density at radius 3 is 2.54 bits per heavy atom. The summed E-state index contributed by atoms with van der Waals surface area (Å²) in [7, 11) is 0. The number of hydrazine groups is 1. The Morgan fingerprint density at radius 2 is 1.82 bits per heavy atom. The highest BCUT2D eigenvalue weighted by Crippen LogP contribution is 2.20. The molecule has 7 nitrogen and oxygen atoms in total. The third-order valence-corrected chi connectivity index (χ3v) is 5.83. The molecule has 4 N–H and O–H groups in total. The van der Waals surface area contributed by atoms with Crippen LogP contribution < -0.4 is 21.5 Å². The fourth-order valence-electron chi connectivity index (χ4n) is 4.13. The standard InChI is InChI=1S/C21H33N5O2/c1-15-19(16(2)25-24-15)10-7-11-22-21(28)23-18-9-6-8-17(14-18)20(27)26-12-4-3-5-13-26/h6,8-9,14-16,19,24-25H,3-5,7,10-13H2,1-2H3,(H2,22,23,28). The average Bonchev–Trinajstić information content (AvgIpc) is 3.03. The molecule has 28 heavy (non-hydrogen) atoms. The Balaban J connectivity index is 1.43. The van der Waals surface area contributed by atoms with E-state index in [1.165, 1.54) is 6.42 Å². The van der Waals surface area contributed by atoms with Crippen molar-refractivity contribution < 1.29 is 9.59 Å². The molecule has 0 bridgehead atoms. The minimum absolute atomic E-state index is 0.0470. The van der Waals surface area contributed by atoms with Gasteiger partial charge in [0.05, 0.1) is 0 Å². The summed E-state index contributed by atoms with van der Waals surface area (Å²) in [5.74, 6) is 0.619. The van der Waals surface area contributed by atoms with Crippen LogP contribution in [0.5, 0.6) is 0 Å². The number of hydrogen-bond donors (Lipinski definition) is 4. The number of hydrogen-bond acceptors (Lipinski definition) is 4. The van der Waals surface area contributed by atoms with Gasteiger partial charge in [0.15, 0.2) is 0 Å². The number of carbonyl (C=O) groups is 2. The molecule has 0 spiro atoms. The molecule has 2 fully saturated rings. The summed E-state index contributed by atoms with van der Waals surface area (Å²) in [6, 6.07) is 7.86. The second-order valence-electron chi connectivity index (χ2n) is 7.99. The number of benzene rings is 1. The van der Waals surface area contributed by atoms with E-state index in [9.17, 15) is 9.59 Å². The molecule has 0 aromatic heterocycles. The summed E-state index contributed by atoms with van der Waals surface area (Å²) >= 11 is 0. The van der Waals surface area contributed by atoms with Crippen LogP contribution in [0.2, 0.25) is 0 Å². The third kappa shape index (κ3) is 5.45. The van der Waals surface area contributed by atoms with E-state index < -0.39 is 0 Å². The van der Waals surface area contributed by atoms with Gasteiger partial charge in [-0.05, 0) is 70.1 Å². The topological polar surface area (TPSA) is 85.5 Å². The molecule has 3 amide bonds. The highest BCUT2D eigenvalue weighted by Gasteiger charge is 2.28. The predicted molar refractivity (Wildman–Crippen MR) is 111 cm³/mol. The van der Waals surface area contributed by atoms with Gasteiger partial charge in [-0.15, -0.1) is 0 Å². The first-order valence-electron chi connectivity index (χ1n) is 10.5. The summed E-state index contributed by atoms with van der Waals surface area (Å²) in [6.45, 7) is 6.63. The van der Waals surface area contributed by atoms with E-state index in [1.807, 2.05) is 23.1 Å². The van der Waals surface area contributed by atoms with E-state index in [0.29, 0.717) is 35.8 Å². The van der Waals surface area contributed by atoms with Gasteiger partial charge in [0.1, 0.15) is 0 Å². The second-order valence-corrected chi connectivity index (χ2v) is 7.99. The first-order chi connectivity index (χ1) is 13.5. The zero-order valence-electron chi connectivity index (χ0n) is 17.0. The van der Waals surface area contributed by atoms with Crippen LogP contribution in [0.3, 0.4) is 0 Å². The lowest BCUT2D eigenvalue weighted by molar-refractivity contribution is 0.0724. The number of likely N-dealkylation sites (tertiary alicyclic amines) is 1. The molecule has 2 saturated heterocycles. The molecular formula is C21H33N5O2. The van der Waals surface area contributed by atoms with E-state index in [0.717, 1.165) is 38.8 Å². The Kier molecular flexibility index (Phi) is 7.28. The van der Waals surface area contributed by atoms with Crippen molar-refractivity contribution in [3.8, 4) is 0 Å². The van der Waals surface area contributed by atoms with Crippen LogP contribution in [0.25, 0.3) is 0 Å². The molecule has 1 aromatic rings. The van der Waals surface area contributed by atoms with Gasteiger partial charge in [-0.1, -0.05) is 6.07 Å². The quantitative estimate of drug-likeness (QED) is 0.566. The van der Waals surface area contributed by atoms with Crippen molar-refractivity contribution in [2.75, 3.05) is 25.0 Å². The van der Waals surface area contributed by atoms with Crippen LogP contribution in [-0.2, 0) is 0 Å². The maximum atomic E-state index is 12.6. The van der Waals surface area contributed by atoms with Gasteiger partial charge in [-0.25, -0.2) is 4.79 Å². The molecule has 0 radical (unpaired) electrons. The Hall–Kier alpha value is -2.12. The van der Waals surface area contributed by atoms with Gasteiger partial charge in [0.25, 0.3) is 5.91 Å². The summed E-state index contributed by atoms with van der Waals surface area (Å²) in [5, 5.41) is 5.75. The summed E-state index contributed by atoms with van der Waals surface area (Å²) < 4.78 is 0. The van der Waals surface area contributed by atoms with Crippen molar-refractivity contribution in [2.45, 2.75) is 58.0 Å². The fourth-order valence-corrected chi connectivity index (χ4v) is 4.13. The number of anilines is 1. The summed E-state index contributed by atoms with van der Waals surface area (Å²) in [5.41, 5.74) is 7.79. The average molecular weight is 388 g/mol. The van der Waals surface area contributed by atoms with Crippen LogP contribution in [0.1, 0.15) is 56.3 Å². The van der Waals surface area contributed by atoms with Crippen molar-refractivity contribution in [2.24, 2.45) is 5.92 Å². The van der Waals surface area contributed by atoms with Crippen molar-refractivity contribution in [3.63, 3.8) is 0 Å². The monoisotopic (exact) mass is 387 g/mol. The highest BCUT2D eigenvalue weighted by atomic mass is 16.2. The van der Waals surface area contributed by atoms with E-state index in [4.69, 9.17) is 0 Å². The van der Waals surface area contributed by atoms with Crippen molar-refractivity contribution in [3.05, 3.63) is 29.8 Å². The molecule has 0 saturated carbocycles. The van der Waals surface area contributed by atoms with E-state index >= 15 is 0 Å². The number of nitrogens with zero attached hydrogens (tertiary/aromatic N) is 1. The number of urea groups is 1. The summed E-state index contributed by atoms with van der Waals surface area (Å²) in [4.78, 5) is 26.7. The molecule has 2 heterocycles. The number of nitrogens with one attached hydrogen (secondary N) is 4. The first kappa shape index (κ1) is 20.6. The highest BCUT2D eigenvalue weighted by molar-refractivity contribution is 5.97. The maximum absolute atomic E-state index is 12.6. The molecule has 7 heteroatoms. The Bertz CT molecular complexity index is 665. The zero-order chi connectivity index (χ0) is 19.9. The number of carbonyl (C=O) groups excluding carboxylic acids is 2. The van der Waals surface area contributed by atoms with Crippen LogP contribution in [0.15, 0.2) is 24.3 Å². The number of piperidine rings is 1. The Labute approximate surface area is 167 Å². The predicted octanol–water partition coefficient (Wildman–Crippen LogP) is 2.72. The molecule has 0 aliphatic carbocycles. The zero-order valence-corrected chi connectivity index (χ0v) is 17.0. The third-order valence-electron chi connectivity index (χ3n) is 5.83. The van der Waals surface area contributed by atoms with Gasteiger partial charge < -0.3 is 15.5 Å². The molecule has 154 valence electrons. The van der Waals surface area contributed by atoms with Gasteiger partial charge >= 0.3 is 6.03 Å². The summed E-state index contributed by atoms with van der Waals surface area (Å²) in [6.07, 6.45) is 5.32. The second kappa shape index (κ2) is 9.89. The van der Waals surface area contributed by atoms with Crippen molar-refractivity contribution in [1.82, 2.24) is 21.1 Å². The van der Waals surface area contributed by atoms with Crippen LogP contribution >= 0.6 is 0 Å². The lowest BCUT2D eigenvalue weighted by atomic mass is 9.92. The maximum Gasteiger partial charge on any atom is 0.319 e. The van der Waals surface area contributed by atoms with Gasteiger partial charge in [-0.3, -0.25) is 15.6 Å². The molecular weight excluding hydrogens is 354 g/mol. The van der Waals surface area contributed by atoms with Crippen molar-refractivity contribution in [1.29, 1.82) is 0 Å². The number of rotatable bonds is 6. The van der Waals surface area contributed by atoms with Gasteiger partial charge in [0, 0.05) is 43.0 Å². The van der Waals surface area contributed by atoms with Crippen LogP contribution in [-0.4, -0.2) is 48.6 Å². The lowest BCUT2D eigenvalue weighted by Gasteiger charge is -2.26. The molecule has 2 aliphatic heterocycles. The SMILES string of the molecule is CC1NNC(C)C1CCCNC(=O)Nc1cccc(C(=O)N2CCCCC2)c1. The van der Waals surface area contributed by atoms with Gasteiger partial charge in [0.2, 0.25) is 0 Å². The van der Waals surface area contributed by atoms with Crippen LogP contribution in [0.4, 0.5) is 10.5 Å². The van der Waals surface area contributed by atoms with E-state index in [-0.39, 0.29) is 11.9 Å². The van der Waals surface area contributed by atoms with Crippen molar-refractivity contribution >= 4 is 17.6 Å². The van der Waals surface area contributed by atoms with E-state index in [1.54, 1.807) is 6.07 Å². The lowest BCUT2D eigenvalue weighted by Crippen LogP contribution is -2.35. The normalized spacial score (nSPS) is 24.8. The largest absolute Gasteiger partial charge is 0.339 e. The first-order valence-corrected chi connectivity index (χ1v) is 10.5. The molecule has 2 unspecified atom stereocenters. The van der Waals surface area contributed by atoms with Gasteiger partial charge in [-0.2, -0.15) is 0 Å². The fraction of sp³-hybridized carbons (Fsp3) is 0.619. The van der Waals surface area contributed by atoms with E-state index in [2.05, 4.69) is 35.3 Å². The molecule has 2 aliphatic rings. The Morgan fingerprint density at radius 1 is 1.11 bits per heavy atom. The minimum atomic E-state index is -0.230. The van der Waals surface area contributed by atoms with Crippen LogP contribution in [0, 0.1) is 5.92 Å². The minimum Gasteiger partial charge on any atom is -0.339 e. The smallest absolute Gasteiger partial charge is 0.319 e. The molecule has 2 atom stereocenters. The molecule has 1 aromatic carbocycles. The number of amides is 3. The molecule has 3 rings (SSSR count).